The van der Waals surface area contributed by atoms with Gasteiger partial charge in [0, 0.05) is 12.1 Å². The normalized spacial score (nSPS) is 10.6. The lowest BCUT2D eigenvalue weighted by atomic mass is 10.2. The van der Waals surface area contributed by atoms with Crippen LogP contribution in [-0.4, -0.2) is 0 Å². The Morgan fingerprint density at radius 2 is 1.46 bits per heavy atom. The van der Waals surface area contributed by atoms with Crippen molar-refractivity contribution in [2.75, 3.05) is 0 Å². The molecule has 0 aromatic heterocycles. The van der Waals surface area contributed by atoms with Gasteiger partial charge in [0.05, 0.1) is 5.02 Å². The lowest BCUT2D eigenvalue weighted by Gasteiger charge is -2.06. The fourth-order valence-electron chi connectivity index (χ4n) is 0.830. The third-order valence-electron chi connectivity index (χ3n) is 1.50. The van der Waals surface area contributed by atoms with E-state index in [1.807, 2.05) is 0 Å². The average Bonchev–Trinajstić information content (AvgIpc) is 2.13. The molecule has 0 saturated carbocycles. The molecule has 0 saturated heterocycles. The Labute approximate surface area is 82.2 Å². The van der Waals surface area contributed by atoms with Gasteiger partial charge in [0.15, 0.2) is 17.5 Å². The highest BCUT2D eigenvalue weighted by molar-refractivity contribution is 6.35. The predicted octanol–water partition coefficient (Wildman–Crippen LogP) is 2.87. The minimum atomic E-state index is -1.47. The van der Waals surface area contributed by atoms with Crippen molar-refractivity contribution < 1.29 is 13.2 Å². The smallest absolute Gasteiger partial charge is 0.180 e. The van der Waals surface area contributed by atoms with Gasteiger partial charge >= 0.3 is 0 Å². The number of hydrogen-bond donors (Lipinski definition) is 1. The highest BCUT2D eigenvalue weighted by atomic mass is 35.5. The second-order valence-corrected chi connectivity index (χ2v) is 3.01. The summed E-state index contributed by atoms with van der Waals surface area (Å²) in [5.41, 5.74) is 4.62. The SMILES string of the molecule is NCc1c(F)c(F)c(Cl)c(F)c1Cl. The van der Waals surface area contributed by atoms with Gasteiger partial charge in [0.25, 0.3) is 0 Å². The molecular formula is C7H4Cl2F3N. The number of nitrogens with two attached hydrogens (primary N) is 1. The maximum atomic E-state index is 12.9. The second kappa shape index (κ2) is 3.74. The van der Waals surface area contributed by atoms with Crippen LogP contribution in [0.5, 0.6) is 0 Å². The molecule has 13 heavy (non-hydrogen) atoms. The molecule has 1 nitrogen and oxygen atoms in total. The van der Waals surface area contributed by atoms with Crippen LogP contribution in [0.1, 0.15) is 5.56 Å². The van der Waals surface area contributed by atoms with Crippen molar-refractivity contribution in [3.05, 3.63) is 33.1 Å². The highest BCUT2D eigenvalue weighted by Gasteiger charge is 2.21. The Hall–Kier alpha value is -0.450. The third-order valence-corrected chi connectivity index (χ3v) is 2.23. The van der Waals surface area contributed by atoms with Crippen molar-refractivity contribution in [2.24, 2.45) is 5.73 Å². The van der Waals surface area contributed by atoms with Gasteiger partial charge in [-0.1, -0.05) is 23.2 Å². The van der Waals surface area contributed by atoms with Crippen LogP contribution in [0.2, 0.25) is 10.0 Å². The molecule has 1 aromatic carbocycles. The Balaban J connectivity index is 3.56. The molecule has 0 aliphatic rings. The van der Waals surface area contributed by atoms with Gasteiger partial charge in [-0.3, -0.25) is 0 Å². The van der Waals surface area contributed by atoms with E-state index in [2.05, 4.69) is 0 Å². The molecule has 0 spiro atoms. The molecule has 0 fully saturated rings. The van der Waals surface area contributed by atoms with E-state index >= 15 is 0 Å². The van der Waals surface area contributed by atoms with E-state index < -0.39 is 39.6 Å². The molecule has 1 aromatic rings. The van der Waals surface area contributed by atoms with Crippen LogP contribution in [0, 0.1) is 17.5 Å². The van der Waals surface area contributed by atoms with Gasteiger partial charge in [-0.2, -0.15) is 0 Å². The molecule has 6 heteroatoms. The molecule has 0 aliphatic carbocycles. The van der Waals surface area contributed by atoms with Crippen molar-refractivity contribution in [1.82, 2.24) is 0 Å². The number of rotatable bonds is 1. The number of benzene rings is 1. The topological polar surface area (TPSA) is 26.0 Å². The van der Waals surface area contributed by atoms with Crippen LogP contribution in [0.3, 0.4) is 0 Å². The zero-order valence-electron chi connectivity index (χ0n) is 6.17. The van der Waals surface area contributed by atoms with E-state index in [1.165, 1.54) is 0 Å². The Bertz CT molecular complexity index is 325. The van der Waals surface area contributed by atoms with E-state index in [-0.39, 0.29) is 0 Å². The molecule has 0 unspecified atom stereocenters. The minimum Gasteiger partial charge on any atom is -0.326 e. The fourth-order valence-corrected chi connectivity index (χ4v) is 1.31. The monoisotopic (exact) mass is 229 g/mol. The van der Waals surface area contributed by atoms with Crippen molar-refractivity contribution in [1.29, 1.82) is 0 Å². The van der Waals surface area contributed by atoms with Crippen molar-refractivity contribution in [3.8, 4) is 0 Å². The molecular weight excluding hydrogens is 226 g/mol. The van der Waals surface area contributed by atoms with Crippen molar-refractivity contribution >= 4 is 23.2 Å². The summed E-state index contributed by atoms with van der Waals surface area (Å²) in [6, 6.07) is 0. The van der Waals surface area contributed by atoms with Crippen LogP contribution < -0.4 is 5.73 Å². The van der Waals surface area contributed by atoms with Crippen LogP contribution in [0.4, 0.5) is 13.2 Å². The molecule has 0 atom stereocenters. The summed E-state index contributed by atoms with van der Waals surface area (Å²) >= 11 is 10.4. The van der Waals surface area contributed by atoms with Crippen LogP contribution >= 0.6 is 23.2 Å². The zero-order chi connectivity index (χ0) is 10.2. The summed E-state index contributed by atoms with van der Waals surface area (Å²) in [6.07, 6.45) is 0. The molecule has 1 rings (SSSR count). The van der Waals surface area contributed by atoms with E-state index in [4.69, 9.17) is 28.9 Å². The molecule has 0 radical (unpaired) electrons. The Morgan fingerprint density at radius 3 is 1.92 bits per heavy atom. The standard InChI is InChI=1S/C7H4Cl2F3N/c8-3-2(1-13)5(10)7(12)4(9)6(3)11/h1,13H2. The van der Waals surface area contributed by atoms with Crippen LogP contribution in [0.15, 0.2) is 0 Å². The minimum absolute atomic E-state index is 0.393. The maximum Gasteiger partial charge on any atom is 0.180 e. The maximum absolute atomic E-state index is 12.9. The largest absolute Gasteiger partial charge is 0.326 e. The molecule has 0 heterocycles. The van der Waals surface area contributed by atoms with Gasteiger partial charge in [-0.15, -0.1) is 0 Å². The molecule has 2 N–H and O–H groups in total. The zero-order valence-corrected chi connectivity index (χ0v) is 7.69. The second-order valence-electron chi connectivity index (χ2n) is 2.25. The quantitative estimate of drug-likeness (QED) is 0.582. The number of halogens is 5. The van der Waals surface area contributed by atoms with Gasteiger partial charge in [0.1, 0.15) is 5.02 Å². The van der Waals surface area contributed by atoms with E-state index in [0.717, 1.165) is 0 Å². The van der Waals surface area contributed by atoms with Crippen LogP contribution in [0.25, 0.3) is 0 Å². The first kappa shape index (κ1) is 10.6. The van der Waals surface area contributed by atoms with Gasteiger partial charge < -0.3 is 5.73 Å². The van der Waals surface area contributed by atoms with Crippen molar-refractivity contribution in [3.63, 3.8) is 0 Å². The summed E-state index contributed by atoms with van der Waals surface area (Å²) in [6.45, 7) is -0.393. The first-order chi connectivity index (χ1) is 6.00. The first-order valence-electron chi connectivity index (χ1n) is 3.21. The van der Waals surface area contributed by atoms with E-state index in [0.29, 0.717) is 0 Å². The summed E-state index contributed by atoms with van der Waals surface area (Å²) in [4.78, 5) is 0. The van der Waals surface area contributed by atoms with Gasteiger partial charge in [0.2, 0.25) is 0 Å². The average molecular weight is 230 g/mol. The Morgan fingerprint density at radius 1 is 0.923 bits per heavy atom. The third kappa shape index (κ3) is 1.61. The van der Waals surface area contributed by atoms with E-state index in [9.17, 15) is 13.2 Å². The van der Waals surface area contributed by atoms with Gasteiger partial charge in [-0.25, -0.2) is 13.2 Å². The Kier molecular flexibility index (Phi) is 3.05. The van der Waals surface area contributed by atoms with Gasteiger partial charge in [-0.05, 0) is 0 Å². The predicted molar refractivity (Wildman–Crippen MR) is 44.2 cm³/mol. The molecule has 0 amide bonds. The van der Waals surface area contributed by atoms with Crippen LogP contribution in [-0.2, 0) is 6.54 Å². The lowest BCUT2D eigenvalue weighted by molar-refractivity contribution is 0.486. The first-order valence-corrected chi connectivity index (χ1v) is 3.96. The lowest BCUT2D eigenvalue weighted by Crippen LogP contribution is -2.05. The highest BCUT2D eigenvalue weighted by Crippen LogP contribution is 2.31. The molecule has 72 valence electrons. The molecule has 0 aliphatic heterocycles. The molecule has 0 bridgehead atoms. The summed E-state index contributed by atoms with van der Waals surface area (Å²) in [7, 11) is 0. The van der Waals surface area contributed by atoms with Crippen molar-refractivity contribution in [2.45, 2.75) is 6.54 Å². The summed E-state index contributed by atoms with van der Waals surface area (Å²) in [5.74, 6) is -3.97. The fraction of sp³-hybridized carbons (Fsp3) is 0.143. The summed E-state index contributed by atoms with van der Waals surface area (Å²) < 4.78 is 38.6. The summed E-state index contributed by atoms with van der Waals surface area (Å²) in [5, 5.41) is -1.54. The number of hydrogen-bond acceptors (Lipinski definition) is 1. The van der Waals surface area contributed by atoms with E-state index in [1.54, 1.807) is 0 Å².